The second-order valence-corrected chi connectivity index (χ2v) is 5.79. The molecule has 0 fully saturated rings. The summed E-state index contributed by atoms with van der Waals surface area (Å²) in [5.74, 6) is -0.478. The zero-order valence-electron chi connectivity index (χ0n) is 13.4. The van der Waals surface area contributed by atoms with E-state index in [0.717, 1.165) is 12.8 Å². The molecule has 0 N–H and O–H groups in total. The predicted molar refractivity (Wildman–Crippen MR) is 87.6 cm³/mol. The highest BCUT2D eigenvalue weighted by Crippen LogP contribution is 2.14. The highest BCUT2D eigenvalue weighted by atomic mass is 16.1. The van der Waals surface area contributed by atoms with Gasteiger partial charge in [0.2, 0.25) is 0 Å². The van der Waals surface area contributed by atoms with E-state index in [1.165, 1.54) is 32.1 Å². The first kappa shape index (κ1) is 17.6. The van der Waals surface area contributed by atoms with Crippen LogP contribution in [0, 0.1) is 5.92 Å². The van der Waals surface area contributed by atoms with E-state index in [9.17, 15) is 9.59 Å². The second kappa shape index (κ2) is 10.3. The third-order valence-corrected chi connectivity index (χ3v) is 3.96. The average molecular weight is 288 g/mol. The van der Waals surface area contributed by atoms with Gasteiger partial charge in [-0.15, -0.1) is 0 Å². The van der Waals surface area contributed by atoms with Gasteiger partial charge >= 0.3 is 0 Å². The summed E-state index contributed by atoms with van der Waals surface area (Å²) in [6.45, 7) is 3.95. The number of carbonyl (C=O) groups excluding carboxylic acids is 2. The number of rotatable bonds is 11. The van der Waals surface area contributed by atoms with Crippen LogP contribution in [0.5, 0.6) is 0 Å². The molecule has 0 aliphatic carbocycles. The van der Waals surface area contributed by atoms with Crippen molar-refractivity contribution in [2.75, 3.05) is 0 Å². The first-order valence-corrected chi connectivity index (χ1v) is 8.28. The van der Waals surface area contributed by atoms with Gasteiger partial charge in [-0.3, -0.25) is 9.59 Å². The Hall–Kier alpha value is -1.44. The molecule has 0 radical (unpaired) electrons. The molecule has 0 saturated carbocycles. The van der Waals surface area contributed by atoms with Gasteiger partial charge < -0.3 is 0 Å². The van der Waals surface area contributed by atoms with Crippen molar-refractivity contribution in [2.24, 2.45) is 5.92 Å². The van der Waals surface area contributed by atoms with Gasteiger partial charge in [0.05, 0.1) is 5.92 Å². The van der Waals surface area contributed by atoms with Crippen molar-refractivity contribution in [3.63, 3.8) is 0 Å². The second-order valence-electron chi connectivity index (χ2n) is 5.79. The van der Waals surface area contributed by atoms with Crippen LogP contribution in [0.1, 0.15) is 75.6 Å². The maximum Gasteiger partial charge on any atom is 0.173 e. The third kappa shape index (κ3) is 6.70. The summed E-state index contributed by atoms with van der Waals surface area (Å²) in [7, 11) is 0. The van der Waals surface area contributed by atoms with Crippen LogP contribution in [0.15, 0.2) is 30.3 Å². The summed E-state index contributed by atoms with van der Waals surface area (Å²) >= 11 is 0. The summed E-state index contributed by atoms with van der Waals surface area (Å²) < 4.78 is 0. The van der Waals surface area contributed by atoms with E-state index >= 15 is 0 Å². The molecule has 0 amide bonds. The molecule has 116 valence electrons. The Kier molecular flexibility index (Phi) is 8.65. The lowest BCUT2D eigenvalue weighted by atomic mass is 9.92. The molecule has 0 aliphatic heterocycles. The van der Waals surface area contributed by atoms with Crippen molar-refractivity contribution in [3.8, 4) is 0 Å². The summed E-state index contributed by atoms with van der Waals surface area (Å²) in [4.78, 5) is 24.2. The van der Waals surface area contributed by atoms with Crippen LogP contribution in [0.2, 0.25) is 0 Å². The highest BCUT2D eigenvalue weighted by molar-refractivity contribution is 6.10. The van der Waals surface area contributed by atoms with Crippen molar-refractivity contribution in [2.45, 2.75) is 65.2 Å². The molecule has 0 unspecified atom stereocenters. The van der Waals surface area contributed by atoms with Crippen LogP contribution in [0.4, 0.5) is 0 Å². The van der Waals surface area contributed by atoms with E-state index in [4.69, 9.17) is 0 Å². The molecule has 0 bridgehead atoms. The molecule has 2 nitrogen and oxygen atoms in total. The van der Waals surface area contributed by atoms with Crippen LogP contribution in [0.25, 0.3) is 0 Å². The Balaban J connectivity index is 2.24. The summed E-state index contributed by atoms with van der Waals surface area (Å²) in [6.07, 6.45) is 8.88. The molecule has 21 heavy (non-hydrogen) atoms. The van der Waals surface area contributed by atoms with Gasteiger partial charge in [-0.25, -0.2) is 0 Å². The van der Waals surface area contributed by atoms with Crippen molar-refractivity contribution >= 4 is 11.6 Å². The molecule has 1 rings (SSSR count). The van der Waals surface area contributed by atoms with E-state index in [-0.39, 0.29) is 11.6 Å². The number of benzene rings is 1. The van der Waals surface area contributed by atoms with Crippen LogP contribution in [0.3, 0.4) is 0 Å². The largest absolute Gasteiger partial charge is 0.299 e. The fourth-order valence-electron chi connectivity index (χ4n) is 2.47. The molecule has 1 atom stereocenters. The first-order chi connectivity index (χ1) is 10.2. The van der Waals surface area contributed by atoms with Gasteiger partial charge in [0.15, 0.2) is 5.78 Å². The Bertz CT molecular complexity index is 422. The number of hydrogen-bond acceptors (Lipinski definition) is 2. The van der Waals surface area contributed by atoms with Crippen molar-refractivity contribution < 1.29 is 9.59 Å². The molecule has 0 heterocycles. The molecular formula is C19H28O2. The van der Waals surface area contributed by atoms with Gasteiger partial charge in [0.25, 0.3) is 0 Å². The predicted octanol–water partition coefficient (Wildman–Crippen LogP) is 5.22. The van der Waals surface area contributed by atoms with E-state index in [1.807, 2.05) is 18.2 Å². The SMILES string of the molecule is CCCCCCCCCC(=O)[C@@H](C)C(=O)c1ccccc1. The minimum atomic E-state index is -0.507. The fourth-order valence-corrected chi connectivity index (χ4v) is 2.47. The average Bonchev–Trinajstić information content (AvgIpc) is 2.53. The Morgan fingerprint density at radius 2 is 1.48 bits per heavy atom. The minimum Gasteiger partial charge on any atom is -0.299 e. The Morgan fingerprint density at radius 1 is 0.905 bits per heavy atom. The van der Waals surface area contributed by atoms with Crippen molar-refractivity contribution in [1.82, 2.24) is 0 Å². The number of ketones is 2. The van der Waals surface area contributed by atoms with E-state index < -0.39 is 5.92 Å². The van der Waals surface area contributed by atoms with E-state index in [0.29, 0.717) is 12.0 Å². The van der Waals surface area contributed by atoms with Crippen LogP contribution >= 0.6 is 0 Å². The fraction of sp³-hybridized carbons (Fsp3) is 0.579. The van der Waals surface area contributed by atoms with Crippen molar-refractivity contribution in [1.29, 1.82) is 0 Å². The zero-order chi connectivity index (χ0) is 15.5. The number of hydrogen-bond donors (Lipinski definition) is 0. The van der Waals surface area contributed by atoms with Crippen LogP contribution in [-0.2, 0) is 4.79 Å². The van der Waals surface area contributed by atoms with Gasteiger partial charge in [-0.2, -0.15) is 0 Å². The molecule has 0 aromatic heterocycles. The van der Waals surface area contributed by atoms with Crippen molar-refractivity contribution in [3.05, 3.63) is 35.9 Å². The molecular weight excluding hydrogens is 260 g/mol. The lowest BCUT2D eigenvalue weighted by molar-refractivity contribution is -0.121. The van der Waals surface area contributed by atoms with Gasteiger partial charge in [0.1, 0.15) is 5.78 Å². The lowest BCUT2D eigenvalue weighted by Crippen LogP contribution is -2.21. The zero-order valence-corrected chi connectivity index (χ0v) is 13.4. The van der Waals surface area contributed by atoms with E-state index in [1.54, 1.807) is 19.1 Å². The topological polar surface area (TPSA) is 34.1 Å². The number of carbonyl (C=O) groups is 2. The molecule has 1 aromatic rings. The van der Waals surface area contributed by atoms with Crippen LogP contribution in [-0.4, -0.2) is 11.6 Å². The van der Waals surface area contributed by atoms with E-state index in [2.05, 4.69) is 6.92 Å². The maximum absolute atomic E-state index is 12.2. The molecule has 0 aliphatic rings. The summed E-state index contributed by atoms with van der Waals surface area (Å²) in [5.41, 5.74) is 0.637. The van der Waals surface area contributed by atoms with Crippen LogP contribution < -0.4 is 0 Å². The Labute approximate surface area is 128 Å². The summed E-state index contributed by atoms with van der Waals surface area (Å²) in [5, 5.41) is 0. The van der Waals surface area contributed by atoms with Gasteiger partial charge in [-0.05, 0) is 13.3 Å². The first-order valence-electron chi connectivity index (χ1n) is 8.28. The monoisotopic (exact) mass is 288 g/mol. The maximum atomic E-state index is 12.2. The van der Waals surface area contributed by atoms with Gasteiger partial charge in [0, 0.05) is 12.0 Å². The third-order valence-electron chi connectivity index (χ3n) is 3.96. The molecule has 0 saturated heterocycles. The normalized spacial score (nSPS) is 12.1. The lowest BCUT2D eigenvalue weighted by Gasteiger charge is -2.09. The number of Topliss-reactive ketones (excluding diaryl/α,β-unsaturated/α-hetero) is 2. The standard InChI is InChI=1S/C19H28O2/c1-3-4-5-6-7-8-12-15-18(20)16(2)19(21)17-13-10-9-11-14-17/h9-11,13-14,16H,3-8,12,15H2,1-2H3/t16-/m1/s1. The van der Waals surface area contributed by atoms with Gasteiger partial charge in [-0.1, -0.05) is 75.8 Å². The minimum absolute atomic E-state index is 0.0523. The molecule has 1 aromatic carbocycles. The molecule has 0 spiro atoms. The quantitative estimate of drug-likeness (QED) is 0.318. The number of unbranched alkanes of at least 4 members (excludes halogenated alkanes) is 6. The Morgan fingerprint density at radius 3 is 2.10 bits per heavy atom. The smallest absolute Gasteiger partial charge is 0.173 e. The molecule has 2 heteroatoms. The summed E-state index contributed by atoms with van der Waals surface area (Å²) in [6, 6.07) is 9.10. The highest BCUT2D eigenvalue weighted by Gasteiger charge is 2.21.